The number of anilines is 1. The Morgan fingerprint density at radius 2 is 2.00 bits per heavy atom. The Morgan fingerprint density at radius 1 is 1.19 bits per heavy atom. The molecular formula is C26H34N4O2. The predicted octanol–water partition coefficient (Wildman–Crippen LogP) is 5.08. The van der Waals surface area contributed by atoms with E-state index in [0.717, 1.165) is 19.5 Å². The Morgan fingerprint density at radius 3 is 2.75 bits per heavy atom. The lowest BCUT2D eigenvalue weighted by Crippen LogP contribution is -2.39. The molecule has 1 saturated heterocycles. The lowest BCUT2D eigenvalue weighted by atomic mass is 10.1. The van der Waals surface area contributed by atoms with E-state index in [9.17, 15) is 4.79 Å². The number of amides is 1. The number of likely N-dealkylation sites (tertiary alicyclic amines) is 1. The standard InChI is InChI=1S/C26H34N4O2/c1-19(2)30(15-7-14-29-12-4-5-13-29)25(31)22-10-11-24-23(17-22)28-26(32-24)27-18-21-9-6-8-20(3)16-21/h6,8-11,16-17,19H,4-5,7,12-15,18H2,1-3H3,(H,27,28). The van der Waals surface area contributed by atoms with Gasteiger partial charge >= 0.3 is 0 Å². The third-order valence-electron chi connectivity index (χ3n) is 6.12. The van der Waals surface area contributed by atoms with Crippen LogP contribution in [-0.2, 0) is 6.54 Å². The van der Waals surface area contributed by atoms with Gasteiger partial charge in [0.1, 0.15) is 5.52 Å². The zero-order chi connectivity index (χ0) is 22.5. The van der Waals surface area contributed by atoms with Crippen molar-refractivity contribution in [2.75, 3.05) is 31.5 Å². The average molecular weight is 435 g/mol. The van der Waals surface area contributed by atoms with Crippen molar-refractivity contribution in [2.45, 2.75) is 52.6 Å². The topological polar surface area (TPSA) is 61.6 Å². The van der Waals surface area contributed by atoms with Gasteiger partial charge in [0.15, 0.2) is 5.58 Å². The van der Waals surface area contributed by atoms with E-state index < -0.39 is 0 Å². The number of aryl methyl sites for hydroxylation is 1. The fourth-order valence-electron chi connectivity index (χ4n) is 4.37. The highest BCUT2D eigenvalue weighted by molar-refractivity contribution is 5.97. The summed E-state index contributed by atoms with van der Waals surface area (Å²) >= 11 is 0. The van der Waals surface area contributed by atoms with Crippen molar-refractivity contribution in [1.82, 2.24) is 14.8 Å². The number of carbonyl (C=O) groups is 1. The SMILES string of the molecule is Cc1cccc(CNc2nc3cc(C(=O)N(CCCN4CCCC4)C(C)C)ccc3o2)c1. The monoisotopic (exact) mass is 434 g/mol. The summed E-state index contributed by atoms with van der Waals surface area (Å²) in [4.78, 5) is 22.3. The smallest absolute Gasteiger partial charge is 0.295 e. The van der Waals surface area contributed by atoms with Crippen LogP contribution in [0, 0.1) is 6.92 Å². The van der Waals surface area contributed by atoms with Crippen LogP contribution in [0.2, 0.25) is 0 Å². The van der Waals surface area contributed by atoms with Crippen molar-refractivity contribution in [1.29, 1.82) is 0 Å². The Balaban J connectivity index is 1.41. The van der Waals surface area contributed by atoms with Gasteiger partial charge in [-0.05, 0) is 83.4 Å². The number of hydrogen-bond acceptors (Lipinski definition) is 5. The minimum Gasteiger partial charge on any atom is -0.424 e. The summed E-state index contributed by atoms with van der Waals surface area (Å²) < 4.78 is 5.83. The molecule has 3 aromatic rings. The summed E-state index contributed by atoms with van der Waals surface area (Å²) in [6.45, 7) is 11.1. The Bertz CT molecular complexity index is 1050. The van der Waals surface area contributed by atoms with Crippen LogP contribution in [0.25, 0.3) is 11.1 Å². The molecule has 2 heterocycles. The van der Waals surface area contributed by atoms with Gasteiger partial charge in [-0.1, -0.05) is 29.8 Å². The average Bonchev–Trinajstić information content (AvgIpc) is 3.43. The van der Waals surface area contributed by atoms with Gasteiger partial charge in [0.05, 0.1) is 0 Å². The molecule has 0 bridgehead atoms. The molecule has 0 aliphatic carbocycles. The summed E-state index contributed by atoms with van der Waals surface area (Å²) in [6, 6.07) is 14.5. The Hall–Kier alpha value is -2.86. The van der Waals surface area contributed by atoms with E-state index in [-0.39, 0.29) is 11.9 Å². The van der Waals surface area contributed by atoms with Crippen LogP contribution in [0.15, 0.2) is 46.9 Å². The zero-order valence-corrected chi connectivity index (χ0v) is 19.4. The number of nitrogens with one attached hydrogen (secondary N) is 1. The van der Waals surface area contributed by atoms with E-state index in [4.69, 9.17) is 4.42 Å². The van der Waals surface area contributed by atoms with Gasteiger partial charge in [0.2, 0.25) is 0 Å². The van der Waals surface area contributed by atoms with E-state index in [1.165, 1.54) is 37.1 Å². The summed E-state index contributed by atoms with van der Waals surface area (Å²) in [5, 5.41) is 3.24. The van der Waals surface area contributed by atoms with E-state index in [2.05, 4.69) is 54.2 Å². The number of oxazole rings is 1. The lowest BCUT2D eigenvalue weighted by molar-refractivity contribution is 0.0698. The number of hydrogen-bond donors (Lipinski definition) is 1. The molecule has 170 valence electrons. The van der Waals surface area contributed by atoms with E-state index in [1.54, 1.807) is 0 Å². The summed E-state index contributed by atoms with van der Waals surface area (Å²) in [5.41, 5.74) is 4.43. The number of carbonyl (C=O) groups excluding carboxylic acids is 1. The van der Waals surface area contributed by atoms with Crippen molar-refractivity contribution in [3.63, 3.8) is 0 Å². The number of nitrogens with zero attached hydrogens (tertiary/aromatic N) is 3. The molecule has 0 unspecified atom stereocenters. The van der Waals surface area contributed by atoms with Crippen molar-refractivity contribution >= 4 is 23.0 Å². The second kappa shape index (κ2) is 10.2. The number of benzene rings is 2. The fourth-order valence-corrected chi connectivity index (χ4v) is 4.37. The molecule has 4 rings (SSSR count). The molecule has 6 heteroatoms. The maximum Gasteiger partial charge on any atom is 0.295 e. The van der Waals surface area contributed by atoms with Gasteiger partial charge < -0.3 is 19.5 Å². The third kappa shape index (κ3) is 5.49. The van der Waals surface area contributed by atoms with Crippen LogP contribution >= 0.6 is 0 Å². The first-order valence-electron chi connectivity index (χ1n) is 11.7. The van der Waals surface area contributed by atoms with Crippen molar-refractivity contribution < 1.29 is 9.21 Å². The maximum atomic E-state index is 13.2. The number of aromatic nitrogens is 1. The minimum absolute atomic E-state index is 0.0561. The molecule has 1 amide bonds. The Kier molecular flexibility index (Phi) is 7.10. The zero-order valence-electron chi connectivity index (χ0n) is 19.4. The van der Waals surface area contributed by atoms with Gasteiger partial charge in [-0.2, -0.15) is 4.98 Å². The van der Waals surface area contributed by atoms with Crippen LogP contribution in [-0.4, -0.2) is 52.9 Å². The minimum atomic E-state index is 0.0561. The lowest BCUT2D eigenvalue weighted by Gasteiger charge is -2.28. The fraction of sp³-hybridized carbons (Fsp3) is 0.462. The first-order chi connectivity index (χ1) is 15.5. The third-order valence-corrected chi connectivity index (χ3v) is 6.12. The normalized spacial score (nSPS) is 14.4. The Labute approximate surface area is 190 Å². The van der Waals surface area contributed by atoms with Crippen LogP contribution < -0.4 is 5.32 Å². The van der Waals surface area contributed by atoms with Crippen LogP contribution in [0.5, 0.6) is 0 Å². The van der Waals surface area contributed by atoms with Gasteiger partial charge in [0.25, 0.3) is 11.9 Å². The second-order valence-electron chi connectivity index (χ2n) is 9.04. The highest BCUT2D eigenvalue weighted by atomic mass is 16.4. The molecule has 32 heavy (non-hydrogen) atoms. The maximum absolute atomic E-state index is 13.2. The molecule has 1 N–H and O–H groups in total. The number of rotatable bonds is 9. The van der Waals surface area contributed by atoms with Crippen LogP contribution in [0.4, 0.5) is 6.01 Å². The first kappa shape index (κ1) is 22.3. The summed E-state index contributed by atoms with van der Waals surface area (Å²) in [5.74, 6) is 0.0561. The quantitative estimate of drug-likeness (QED) is 0.509. The van der Waals surface area contributed by atoms with Gasteiger partial charge in [-0.3, -0.25) is 4.79 Å². The van der Waals surface area contributed by atoms with Gasteiger partial charge in [-0.15, -0.1) is 0 Å². The van der Waals surface area contributed by atoms with Crippen molar-refractivity contribution in [3.05, 3.63) is 59.2 Å². The van der Waals surface area contributed by atoms with E-state index in [1.807, 2.05) is 29.2 Å². The summed E-state index contributed by atoms with van der Waals surface area (Å²) in [6.07, 6.45) is 3.60. The molecule has 0 spiro atoms. The van der Waals surface area contributed by atoms with Crippen LogP contribution in [0.1, 0.15) is 54.6 Å². The predicted molar refractivity (Wildman–Crippen MR) is 129 cm³/mol. The largest absolute Gasteiger partial charge is 0.424 e. The molecule has 0 radical (unpaired) electrons. The highest BCUT2D eigenvalue weighted by Crippen LogP contribution is 2.22. The summed E-state index contributed by atoms with van der Waals surface area (Å²) in [7, 11) is 0. The highest BCUT2D eigenvalue weighted by Gasteiger charge is 2.20. The van der Waals surface area contributed by atoms with Gasteiger partial charge in [-0.25, -0.2) is 0 Å². The molecule has 1 aliphatic heterocycles. The van der Waals surface area contributed by atoms with Gasteiger partial charge in [0, 0.05) is 24.7 Å². The first-order valence-corrected chi connectivity index (χ1v) is 11.7. The molecular weight excluding hydrogens is 400 g/mol. The molecule has 0 atom stereocenters. The molecule has 6 nitrogen and oxygen atoms in total. The molecule has 1 fully saturated rings. The van der Waals surface area contributed by atoms with E-state index in [0.29, 0.717) is 29.2 Å². The molecule has 0 saturated carbocycles. The van der Waals surface area contributed by atoms with Crippen molar-refractivity contribution in [2.24, 2.45) is 0 Å². The molecule has 1 aliphatic rings. The van der Waals surface area contributed by atoms with Crippen molar-refractivity contribution in [3.8, 4) is 0 Å². The van der Waals surface area contributed by atoms with Crippen LogP contribution in [0.3, 0.4) is 0 Å². The second-order valence-corrected chi connectivity index (χ2v) is 9.04. The number of fused-ring (bicyclic) bond motifs is 1. The molecule has 2 aromatic carbocycles. The molecule has 1 aromatic heterocycles. The van der Waals surface area contributed by atoms with E-state index >= 15 is 0 Å².